The van der Waals surface area contributed by atoms with Crippen molar-refractivity contribution in [2.24, 2.45) is 11.3 Å². The lowest BCUT2D eigenvalue weighted by atomic mass is 9.72. The molecule has 3 aromatic rings. The van der Waals surface area contributed by atoms with Crippen molar-refractivity contribution in [2.45, 2.75) is 25.3 Å². The highest BCUT2D eigenvalue weighted by atomic mass is 16.2. The molecule has 3 atom stereocenters. The number of nitrogens with zero attached hydrogens (tertiary/aromatic N) is 1. The molecule has 0 aromatic heterocycles. The summed E-state index contributed by atoms with van der Waals surface area (Å²) in [5, 5.41) is 2.52. The summed E-state index contributed by atoms with van der Waals surface area (Å²) >= 11 is 0. The number of hydrogen-bond acceptors (Lipinski definition) is 3. The zero-order valence-electron chi connectivity index (χ0n) is 20.1. The number of rotatable bonds is 6. The zero-order valence-corrected chi connectivity index (χ0v) is 20.1. The second-order valence-electron chi connectivity index (χ2n) is 9.59. The Bertz CT molecular complexity index is 1280. The third-order valence-electron chi connectivity index (χ3n) is 7.17. The van der Waals surface area contributed by atoms with Gasteiger partial charge < -0.3 is 0 Å². The fourth-order valence-corrected chi connectivity index (χ4v) is 5.45. The predicted molar refractivity (Wildman–Crippen MR) is 139 cm³/mol. The van der Waals surface area contributed by atoms with Crippen molar-refractivity contribution in [3.8, 4) is 0 Å². The van der Waals surface area contributed by atoms with Gasteiger partial charge in [-0.15, -0.1) is 0 Å². The molecule has 3 aromatic carbocycles. The van der Waals surface area contributed by atoms with Gasteiger partial charge in [0.2, 0.25) is 11.8 Å². The molecule has 0 spiro atoms. The van der Waals surface area contributed by atoms with E-state index >= 15 is 0 Å². The quantitative estimate of drug-likeness (QED) is 0.459. The van der Waals surface area contributed by atoms with Gasteiger partial charge in [0.1, 0.15) is 5.92 Å². The number of nitrogens with one attached hydrogen (secondary N) is 1. The van der Waals surface area contributed by atoms with Gasteiger partial charge in [0, 0.05) is 11.3 Å². The second kappa shape index (κ2) is 9.78. The minimum absolute atomic E-state index is 0.487. The fourth-order valence-electron chi connectivity index (χ4n) is 5.45. The van der Waals surface area contributed by atoms with Crippen LogP contribution < -0.4 is 5.32 Å². The van der Waals surface area contributed by atoms with E-state index in [1.54, 1.807) is 0 Å². The van der Waals surface area contributed by atoms with E-state index in [1.165, 1.54) is 4.90 Å². The van der Waals surface area contributed by atoms with E-state index in [9.17, 15) is 14.4 Å². The van der Waals surface area contributed by atoms with E-state index in [1.807, 2.05) is 122 Å². The van der Waals surface area contributed by atoms with Gasteiger partial charge in [0.05, 0.1) is 6.04 Å². The Balaban J connectivity index is 1.64. The maximum absolute atomic E-state index is 14.3. The minimum atomic E-state index is -1.09. The molecule has 3 unspecified atom stereocenters. The standard InChI is InChI=1S/C31H28N2O3/c1-31(20-12-5-13-21-31)27(24-18-10-4-11-19-24)33-29(35)26(28(34)32-30(33)36)25(22-14-6-2-7-15-22)23-16-8-3-9-17-23/h2-20,25-27H,21H2,1H3,(H,32,34,36). The molecule has 1 saturated heterocycles. The summed E-state index contributed by atoms with van der Waals surface area (Å²) in [6, 6.07) is 27.4. The maximum Gasteiger partial charge on any atom is 0.331 e. The van der Waals surface area contributed by atoms with Crippen LogP contribution in [0.3, 0.4) is 0 Å². The van der Waals surface area contributed by atoms with Gasteiger partial charge in [-0.05, 0) is 23.1 Å². The molecule has 0 radical (unpaired) electrons. The van der Waals surface area contributed by atoms with Gasteiger partial charge in [-0.3, -0.25) is 19.8 Å². The number of barbiturate groups is 1. The summed E-state index contributed by atoms with van der Waals surface area (Å²) in [5.74, 6) is -2.69. The highest BCUT2D eigenvalue weighted by molar-refractivity contribution is 6.17. The van der Waals surface area contributed by atoms with E-state index in [2.05, 4.69) is 5.32 Å². The number of amides is 4. The first-order chi connectivity index (χ1) is 17.5. The number of carbonyl (C=O) groups is 3. The predicted octanol–water partition coefficient (Wildman–Crippen LogP) is 5.78. The van der Waals surface area contributed by atoms with Crippen LogP contribution in [0.5, 0.6) is 0 Å². The Kier molecular flexibility index (Phi) is 6.38. The van der Waals surface area contributed by atoms with Gasteiger partial charge in [0.15, 0.2) is 0 Å². The van der Waals surface area contributed by atoms with E-state index < -0.39 is 41.1 Å². The zero-order chi connectivity index (χ0) is 25.1. The number of hydrogen-bond donors (Lipinski definition) is 1. The molecular weight excluding hydrogens is 448 g/mol. The number of benzene rings is 3. The van der Waals surface area contributed by atoms with Gasteiger partial charge in [-0.1, -0.05) is 122 Å². The van der Waals surface area contributed by atoms with Crippen LogP contribution in [0.15, 0.2) is 115 Å². The summed E-state index contributed by atoms with van der Waals surface area (Å²) in [7, 11) is 0. The molecule has 1 aliphatic carbocycles. The first-order valence-electron chi connectivity index (χ1n) is 12.2. The molecule has 0 saturated carbocycles. The molecule has 5 rings (SSSR count). The van der Waals surface area contributed by atoms with Crippen molar-refractivity contribution >= 4 is 17.8 Å². The van der Waals surface area contributed by atoms with Crippen LogP contribution in [0.2, 0.25) is 0 Å². The molecule has 36 heavy (non-hydrogen) atoms. The highest BCUT2D eigenvalue weighted by Gasteiger charge is 2.51. The highest BCUT2D eigenvalue weighted by Crippen LogP contribution is 2.46. The Labute approximate surface area is 211 Å². The van der Waals surface area contributed by atoms with E-state index in [0.717, 1.165) is 16.7 Å². The average molecular weight is 477 g/mol. The van der Waals surface area contributed by atoms with Crippen LogP contribution in [0.1, 0.15) is 42.0 Å². The molecular formula is C31H28N2O3. The van der Waals surface area contributed by atoms with Crippen molar-refractivity contribution in [3.63, 3.8) is 0 Å². The average Bonchev–Trinajstić information content (AvgIpc) is 2.90. The van der Waals surface area contributed by atoms with E-state index in [4.69, 9.17) is 0 Å². The van der Waals surface area contributed by atoms with Crippen molar-refractivity contribution in [3.05, 3.63) is 132 Å². The molecule has 1 heterocycles. The largest absolute Gasteiger partial charge is 0.331 e. The fraction of sp³-hybridized carbons (Fsp3) is 0.194. The van der Waals surface area contributed by atoms with Crippen molar-refractivity contribution in [2.75, 3.05) is 0 Å². The van der Waals surface area contributed by atoms with Gasteiger partial charge in [0.25, 0.3) is 0 Å². The normalized spacial score (nSPS) is 22.6. The number of allylic oxidation sites excluding steroid dienone is 3. The number of carbonyl (C=O) groups excluding carboxylic acids is 3. The number of urea groups is 1. The summed E-state index contributed by atoms with van der Waals surface area (Å²) in [5.41, 5.74) is 1.99. The molecule has 1 N–H and O–H groups in total. The molecule has 1 aliphatic heterocycles. The summed E-state index contributed by atoms with van der Waals surface area (Å²) in [6.07, 6.45) is 8.66. The first kappa shape index (κ1) is 23.5. The molecule has 1 fully saturated rings. The summed E-state index contributed by atoms with van der Waals surface area (Å²) < 4.78 is 0. The lowest BCUT2D eigenvalue weighted by molar-refractivity contribution is -0.146. The van der Waals surface area contributed by atoms with Crippen LogP contribution in [0.4, 0.5) is 4.79 Å². The van der Waals surface area contributed by atoms with E-state index in [-0.39, 0.29) is 0 Å². The molecule has 5 heteroatoms. The Morgan fingerprint density at radius 2 is 1.31 bits per heavy atom. The number of imide groups is 2. The monoisotopic (exact) mass is 476 g/mol. The van der Waals surface area contributed by atoms with Crippen LogP contribution in [-0.4, -0.2) is 22.7 Å². The molecule has 180 valence electrons. The Morgan fingerprint density at radius 3 is 1.81 bits per heavy atom. The lowest BCUT2D eigenvalue weighted by Gasteiger charge is -2.45. The van der Waals surface area contributed by atoms with Gasteiger partial charge in [-0.25, -0.2) is 4.79 Å². The lowest BCUT2D eigenvalue weighted by Crippen LogP contribution is -2.61. The van der Waals surface area contributed by atoms with Crippen LogP contribution in [0, 0.1) is 11.3 Å². The van der Waals surface area contributed by atoms with Crippen molar-refractivity contribution < 1.29 is 14.4 Å². The third-order valence-corrected chi connectivity index (χ3v) is 7.17. The molecule has 4 amide bonds. The summed E-state index contributed by atoms with van der Waals surface area (Å²) in [4.78, 5) is 42.4. The molecule has 0 bridgehead atoms. The second-order valence-corrected chi connectivity index (χ2v) is 9.59. The minimum Gasteiger partial charge on any atom is -0.277 e. The van der Waals surface area contributed by atoms with Crippen LogP contribution in [0.25, 0.3) is 0 Å². The van der Waals surface area contributed by atoms with Crippen LogP contribution >= 0.6 is 0 Å². The Hall–Kier alpha value is -4.25. The third kappa shape index (κ3) is 4.29. The van der Waals surface area contributed by atoms with Crippen molar-refractivity contribution in [1.82, 2.24) is 10.2 Å². The maximum atomic E-state index is 14.3. The molecule has 5 nitrogen and oxygen atoms in total. The van der Waals surface area contributed by atoms with Gasteiger partial charge in [-0.2, -0.15) is 0 Å². The first-order valence-corrected chi connectivity index (χ1v) is 12.2. The topological polar surface area (TPSA) is 66.5 Å². The van der Waals surface area contributed by atoms with Gasteiger partial charge >= 0.3 is 6.03 Å². The van der Waals surface area contributed by atoms with Crippen molar-refractivity contribution in [1.29, 1.82) is 0 Å². The summed E-state index contributed by atoms with van der Waals surface area (Å²) in [6.45, 7) is 2.04. The van der Waals surface area contributed by atoms with E-state index in [0.29, 0.717) is 6.42 Å². The van der Waals surface area contributed by atoms with Crippen LogP contribution in [-0.2, 0) is 9.59 Å². The molecule has 2 aliphatic rings. The Morgan fingerprint density at radius 1 is 0.778 bits per heavy atom. The SMILES string of the molecule is CC1(C(c2ccccc2)N2C(=O)NC(=O)C(C(c3ccccc3)c3ccccc3)C2=O)C=CC=CC1. The smallest absolute Gasteiger partial charge is 0.277 e.